The van der Waals surface area contributed by atoms with E-state index in [1.165, 1.54) is 24.7 Å². The van der Waals surface area contributed by atoms with Gasteiger partial charge in [-0.2, -0.15) is 0 Å². The molecule has 1 saturated heterocycles. The van der Waals surface area contributed by atoms with Gasteiger partial charge in [-0.25, -0.2) is 8.42 Å². The monoisotopic (exact) mass is 384 g/mol. The van der Waals surface area contributed by atoms with E-state index in [-0.39, 0.29) is 0 Å². The Labute approximate surface area is 160 Å². The van der Waals surface area contributed by atoms with Crippen molar-refractivity contribution in [2.24, 2.45) is 10.7 Å². The van der Waals surface area contributed by atoms with Crippen LogP contribution in [0.1, 0.15) is 18.4 Å². The Bertz CT molecular complexity index is 944. The van der Waals surface area contributed by atoms with E-state index in [0.717, 1.165) is 36.2 Å². The van der Waals surface area contributed by atoms with Crippen LogP contribution in [0.15, 0.2) is 59.7 Å². The van der Waals surface area contributed by atoms with Crippen molar-refractivity contribution in [1.82, 2.24) is 0 Å². The van der Waals surface area contributed by atoms with Crippen molar-refractivity contribution < 1.29 is 8.42 Å². The summed E-state index contributed by atoms with van der Waals surface area (Å²) in [7, 11) is -3.29. The average Bonchev–Trinajstić information content (AvgIpc) is 3.17. The number of sulfonamides is 1. The van der Waals surface area contributed by atoms with E-state index in [9.17, 15) is 8.42 Å². The van der Waals surface area contributed by atoms with Crippen molar-refractivity contribution in [3.8, 4) is 0 Å². The molecule has 0 saturated carbocycles. The molecule has 3 rings (SSSR count). The number of nitrogens with zero attached hydrogens (tertiary/aromatic N) is 2. The molecule has 1 aliphatic heterocycles. The second-order valence-electron chi connectivity index (χ2n) is 6.55. The molecule has 1 heterocycles. The fourth-order valence-corrected chi connectivity index (χ4v) is 3.61. The number of nitrogens with two attached hydrogens (primary N) is 1. The SMILES string of the molecule is CS(=O)(=O)Nc1ccc(C(C=Nc2cccc(N3CCCC3)c2)=CN)cc1. The van der Waals surface area contributed by atoms with Gasteiger partial charge in [-0.1, -0.05) is 18.2 Å². The largest absolute Gasteiger partial charge is 0.404 e. The lowest BCUT2D eigenvalue weighted by molar-refractivity contribution is 0.607. The van der Waals surface area contributed by atoms with E-state index in [1.54, 1.807) is 30.5 Å². The number of anilines is 2. The molecule has 0 aromatic heterocycles. The maximum Gasteiger partial charge on any atom is 0.229 e. The molecular formula is C20H24N4O2S. The lowest BCUT2D eigenvalue weighted by Crippen LogP contribution is -2.17. The molecule has 7 heteroatoms. The Balaban J connectivity index is 1.74. The standard InChI is InChI=1S/C20H24N4O2S/c1-27(25,26)23-18-9-7-16(8-10-18)17(14-21)15-22-19-5-4-6-20(13-19)24-11-2-3-12-24/h4-10,13-15,23H,2-3,11-12,21H2,1H3. The summed E-state index contributed by atoms with van der Waals surface area (Å²) < 4.78 is 25.0. The predicted molar refractivity (Wildman–Crippen MR) is 113 cm³/mol. The van der Waals surface area contributed by atoms with E-state index in [2.05, 4.69) is 26.7 Å². The smallest absolute Gasteiger partial charge is 0.229 e. The van der Waals surface area contributed by atoms with Gasteiger partial charge in [-0.3, -0.25) is 9.71 Å². The van der Waals surface area contributed by atoms with Crippen molar-refractivity contribution >= 4 is 38.9 Å². The number of allylic oxidation sites excluding steroid dienone is 1. The quantitative estimate of drug-likeness (QED) is 0.748. The van der Waals surface area contributed by atoms with Gasteiger partial charge in [0.2, 0.25) is 10.0 Å². The van der Waals surface area contributed by atoms with Gasteiger partial charge in [-0.05, 0) is 48.7 Å². The Kier molecular flexibility index (Phi) is 5.81. The fraction of sp³-hybridized carbons (Fsp3) is 0.250. The third-order valence-electron chi connectivity index (χ3n) is 4.35. The maximum absolute atomic E-state index is 11.3. The van der Waals surface area contributed by atoms with Gasteiger partial charge in [0.25, 0.3) is 0 Å². The Hall–Kier alpha value is -2.80. The third kappa shape index (κ3) is 5.34. The van der Waals surface area contributed by atoms with Crippen LogP contribution < -0.4 is 15.4 Å². The van der Waals surface area contributed by atoms with Crippen LogP contribution in [0.4, 0.5) is 17.1 Å². The highest BCUT2D eigenvalue weighted by atomic mass is 32.2. The Morgan fingerprint density at radius 2 is 1.85 bits per heavy atom. The van der Waals surface area contributed by atoms with Gasteiger partial charge in [0.1, 0.15) is 0 Å². The molecule has 27 heavy (non-hydrogen) atoms. The van der Waals surface area contributed by atoms with Crippen LogP contribution in [-0.2, 0) is 10.0 Å². The van der Waals surface area contributed by atoms with E-state index in [0.29, 0.717) is 5.69 Å². The van der Waals surface area contributed by atoms with Crippen molar-refractivity contribution in [3.05, 3.63) is 60.3 Å². The number of aliphatic imine (C=N–C) groups is 1. The van der Waals surface area contributed by atoms with Gasteiger partial charge < -0.3 is 10.6 Å². The minimum atomic E-state index is -3.29. The second-order valence-corrected chi connectivity index (χ2v) is 8.29. The zero-order valence-corrected chi connectivity index (χ0v) is 16.1. The maximum atomic E-state index is 11.3. The van der Waals surface area contributed by atoms with E-state index >= 15 is 0 Å². The summed E-state index contributed by atoms with van der Waals surface area (Å²) in [5.41, 5.74) is 9.95. The topological polar surface area (TPSA) is 87.8 Å². The van der Waals surface area contributed by atoms with Crippen LogP contribution in [0.2, 0.25) is 0 Å². The van der Waals surface area contributed by atoms with Crippen molar-refractivity contribution in [2.75, 3.05) is 29.0 Å². The first-order valence-corrected chi connectivity index (χ1v) is 10.7. The van der Waals surface area contributed by atoms with Crippen LogP contribution in [0, 0.1) is 0 Å². The number of hydrogen-bond donors (Lipinski definition) is 2. The van der Waals surface area contributed by atoms with E-state index < -0.39 is 10.0 Å². The zero-order valence-electron chi connectivity index (χ0n) is 15.3. The predicted octanol–water partition coefficient (Wildman–Crippen LogP) is 3.36. The van der Waals surface area contributed by atoms with Crippen LogP contribution in [0.3, 0.4) is 0 Å². The van der Waals surface area contributed by atoms with Crippen molar-refractivity contribution in [2.45, 2.75) is 12.8 Å². The van der Waals surface area contributed by atoms with Gasteiger partial charge in [-0.15, -0.1) is 0 Å². The first-order valence-electron chi connectivity index (χ1n) is 8.84. The van der Waals surface area contributed by atoms with Gasteiger partial charge in [0.15, 0.2) is 0 Å². The van der Waals surface area contributed by atoms with E-state index in [1.807, 2.05) is 12.1 Å². The minimum absolute atomic E-state index is 0.507. The summed E-state index contributed by atoms with van der Waals surface area (Å²) in [6.45, 7) is 2.18. The Morgan fingerprint density at radius 1 is 1.15 bits per heavy atom. The minimum Gasteiger partial charge on any atom is -0.404 e. The molecule has 0 spiro atoms. The first-order chi connectivity index (χ1) is 12.9. The summed E-state index contributed by atoms with van der Waals surface area (Å²) in [6, 6.07) is 15.2. The molecule has 1 aliphatic rings. The Morgan fingerprint density at radius 3 is 2.48 bits per heavy atom. The molecule has 1 fully saturated rings. The molecule has 0 unspecified atom stereocenters. The fourth-order valence-electron chi connectivity index (χ4n) is 3.05. The van der Waals surface area contributed by atoms with Gasteiger partial charge in [0.05, 0.1) is 11.9 Å². The van der Waals surface area contributed by atoms with Crippen molar-refractivity contribution in [3.63, 3.8) is 0 Å². The summed E-state index contributed by atoms with van der Waals surface area (Å²) in [6.07, 6.45) is 6.81. The van der Waals surface area contributed by atoms with Crippen molar-refractivity contribution in [1.29, 1.82) is 0 Å². The highest BCUT2D eigenvalue weighted by Gasteiger charge is 2.12. The molecule has 0 amide bonds. The van der Waals surface area contributed by atoms with Crippen LogP contribution in [-0.4, -0.2) is 34.0 Å². The highest BCUT2D eigenvalue weighted by molar-refractivity contribution is 7.92. The highest BCUT2D eigenvalue weighted by Crippen LogP contribution is 2.25. The third-order valence-corrected chi connectivity index (χ3v) is 4.96. The summed E-state index contributed by atoms with van der Waals surface area (Å²) >= 11 is 0. The summed E-state index contributed by atoms with van der Waals surface area (Å²) in [4.78, 5) is 6.92. The second kappa shape index (κ2) is 8.26. The molecule has 6 nitrogen and oxygen atoms in total. The van der Waals surface area contributed by atoms with Gasteiger partial charge >= 0.3 is 0 Å². The number of benzene rings is 2. The van der Waals surface area contributed by atoms with Gasteiger partial charge in [0, 0.05) is 42.5 Å². The molecular weight excluding hydrogens is 360 g/mol. The van der Waals surface area contributed by atoms with Crippen LogP contribution in [0.25, 0.3) is 5.57 Å². The number of hydrogen-bond acceptors (Lipinski definition) is 5. The molecule has 2 aromatic carbocycles. The molecule has 2 aromatic rings. The lowest BCUT2D eigenvalue weighted by Gasteiger charge is -2.17. The summed E-state index contributed by atoms with van der Waals surface area (Å²) in [5.74, 6) is 0. The normalized spacial score (nSPS) is 15.4. The number of nitrogens with one attached hydrogen (secondary N) is 1. The van der Waals surface area contributed by atoms with Crippen LogP contribution >= 0.6 is 0 Å². The lowest BCUT2D eigenvalue weighted by atomic mass is 10.1. The molecule has 0 atom stereocenters. The molecule has 142 valence electrons. The number of rotatable bonds is 6. The van der Waals surface area contributed by atoms with E-state index in [4.69, 9.17) is 5.73 Å². The first kappa shape index (κ1) is 19.0. The van der Waals surface area contributed by atoms with Crippen LogP contribution in [0.5, 0.6) is 0 Å². The summed E-state index contributed by atoms with van der Waals surface area (Å²) in [5, 5.41) is 0. The molecule has 0 bridgehead atoms. The molecule has 0 aliphatic carbocycles. The molecule has 3 N–H and O–H groups in total. The molecule has 0 radical (unpaired) electrons. The zero-order chi connectivity index (χ0) is 19.3. The average molecular weight is 385 g/mol.